The second-order valence-electron chi connectivity index (χ2n) is 8.04. The molecule has 0 spiro atoms. The zero-order chi connectivity index (χ0) is 21.8. The summed E-state index contributed by atoms with van der Waals surface area (Å²) in [5.41, 5.74) is 2.63. The molecule has 2 aliphatic rings. The molecule has 2 aliphatic heterocycles. The van der Waals surface area contributed by atoms with Gasteiger partial charge < -0.3 is 10.1 Å². The van der Waals surface area contributed by atoms with Gasteiger partial charge in [-0.1, -0.05) is 24.3 Å². The summed E-state index contributed by atoms with van der Waals surface area (Å²) in [6, 6.07) is 14.2. The number of ether oxygens (including phenoxy) is 1. The molecule has 1 fully saturated rings. The van der Waals surface area contributed by atoms with E-state index < -0.39 is 0 Å². The molecule has 1 amide bonds. The standard InChI is InChI=1S/C24H29FN4O2/c1-3-31-21-10-6-19(7-11-21)23-14-22(18-4-8-20(25)9-5-18)27-29(23)24(30)16-28-13-12-26-15-17(28)2/h4-11,17,23,26H,3,12-16H2,1-2H3/t17-,23-/m1/s1. The van der Waals surface area contributed by atoms with Crippen molar-refractivity contribution in [2.24, 2.45) is 5.10 Å². The van der Waals surface area contributed by atoms with Gasteiger partial charge in [0.05, 0.1) is 24.9 Å². The lowest BCUT2D eigenvalue weighted by Crippen LogP contribution is -2.52. The zero-order valence-electron chi connectivity index (χ0n) is 18.1. The third kappa shape index (κ3) is 4.94. The van der Waals surface area contributed by atoms with Crippen LogP contribution in [0.1, 0.15) is 37.4 Å². The Labute approximate surface area is 182 Å². The minimum atomic E-state index is -0.286. The van der Waals surface area contributed by atoms with Crippen LogP contribution in [0.4, 0.5) is 4.39 Å². The number of hydrogen-bond donors (Lipinski definition) is 1. The quantitative estimate of drug-likeness (QED) is 0.774. The lowest BCUT2D eigenvalue weighted by atomic mass is 9.98. The van der Waals surface area contributed by atoms with E-state index in [0.717, 1.165) is 42.2 Å². The maximum atomic E-state index is 13.4. The molecule has 0 radical (unpaired) electrons. The normalized spacial score (nSPS) is 21.8. The molecule has 1 saturated heterocycles. The van der Waals surface area contributed by atoms with Crippen LogP contribution >= 0.6 is 0 Å². The number of benzene rings is 2. The number of piperazine rings is 1. The van der Waals surface area contributed by atoms with Gasteiger partial charge in [0.25, 0.3) is 5.91 Å². The van der Waals surface area contributed by atoms with Crippen molar-refractivity contribution in [3.8, 4) is 5.75 Å². The molecule has 0 bridgehead atoms. The van der Waals surface area contributed by atoms with E-state index in [9.17, 15) is 9.18 Å². The molecule has 164 valence electrons. The highest BCUT2D eigenvalue weighted by Gasteiger charge is 2.34. The summed E-state index contributed by atoms with van der Waals surface area (Å²) in [5.74, 6) is 0.493. The number of carbonyl (C=O) groups is 1. The fourth-order valence-corrected chi connectivity index (χ4v) is 4.13. The van der Waals surface area contributed by atoms with Crippen molar-refractivity contribution in [2.75, 3.05) is 32.8 Å². The first kappa shape index (κ1) is 21.5. The number of amides is 1. The highest BCUT2D eigenvalue weighted by Crippen LogP contribution is 2.34. The van der Waals surface area contributed by atoms with Gasteiger partial charge in [0.1, 0.15) is 11.6 Å². The van der Waals surface area contributed by atoms with Gasteiger partial charge in [-0.3, -0.25) is 9.69 Å². The Kier molecular flexibility index (Phi) is 6.63. The molecule has 7 heteroatoms. The number of carbonyl (C=O) groups excluding carboxylic acids is 1. The Balaban J connectivity index is 1.59. The van der Waals surface area contributed by atoms with E-state index in [0.29, 0.717) is 25.6 Å². The van der Waals surface area contributed by atoms with Crippen molar-refractivity contribution in [3.05, 3.63) is 65.5 Å². The van der Waals surface area contributed by atoms with E-state index in [4.69, 9.17) is 9.84 Å². The van der Waals surface area contributed by atoms with E-state index in [2.05, 4.69) is 17.1 Å². The number of hydrazone groups is 1. The van der Waals surface area contributed by atoms with Crippen LogP contribution in [-0.4, -0.2) is 60.4 Å². The van der Waals surface area contributed by atoms with Crippen LogP contribution in [0.25, 0.3) is 0 Å². The average Bonchev–Trinajstić information content (AvgIpc) is 3.22. The van der Waals surface area contributed by atoms with Crippen molar-refractivity contribution >= 4 is 11.6 Å². The van der Waals surface area contributed by atoms with Crippen LogP contribution in [0.5, 0.6) is 5.75 Å². The summed E-state index contributed by atoms with van der Waals surface area (Å²) in [6.07, 6.45) is 0.586. The van der Waals surface area contributed by atoms with Gasteiger partial charge >= 0.3 is 0 Å². The third-order valence-electron chi connectivity index (χ3n) is 5.90. The Bertz CT molecular complexity index is 930. The van der Waals surface area contributed by atoms with Gasteiger partial charge in [0, 0.05) is 32.1 Å². The molecule has 1 N–H and O–H groups in total. The summed E-state index contributed by atoms with van der Waals surface area (Å²) >= 11 is 0. The van der Waals surface area contributed by atoms with Crippen LogP contribution in [0.2, 0.25) is 0 Å². The van der Waals surface area contributed by atoms with Gasteiger partial charge in [0.15, 0.2) is 0 Å². The molecule has 2 heterocycles. The van der Waals surface area contributed by atoms with Gasteiger partial charge in [-0.15, -0.1) is 0 Å². The van der Waals surface area contributed by atoms with Crippen LogP contribution in [-0.2, 0) is 4.79 Å². The average molecular weight is 425 g/mol. The minimum absolute atomic E-state index is 0.0234. The predicted molar refractivity (Wildman–Crippen MR) is 119 cm³/mol. The second-order valence-corrected chi connectivity index (χ2v) is 8.04. The van der Waals surface area contributed by atoms with E-state index >= 15 is 0 Å². The maximum Gasteiger partial charge on any atom is 0.257 e. The number of hydrogen-bond acceptors (Lipinski definition) is 5. The smallest absolute Gasteiger partial charge is 0.257 e. The molecule has 4 rings (SSSR count). The third-order valence-corrected chi connectivity index (χ3v) is 5.90. The Morgan fingerprint density at radius 1 is 1.19 bits per heavy atom. The zero-order valence-corrected chi connectivity index (χ0v) is 18.1. The molecule has 6 nitrogen and oxygen atoms in total. The Morgan fingerprint density at radius 2 is 1.94 bits per heavy atom. The Morgan fingerprint density at radius 3 is 2.61 bits per heavy atom. The number of rotatable bonds is 6. The summed E-state index contributed by atoms with van der Waals surface area (Å²) in [5, 5.41) is 9.67. The molecule has 2 atom stereocenters. The molecule has 0 aromatic heterocycles. The highest BCUT2D eigenvalue weighted by atomic mass is 19.1. The lowest BCUT2D eigenvalue weighted by molar-refractivity contribution is -0.135. The van der Waals surface area contributed by atoms with Crippen LogP contribution in [0.3, 0.4) is 0 Å². The SMILES string of the molecule is CCOc1ccc([C@H]2CC(c3ccc(F)cc3)=NN2C(=O)CN2CCNC[C@H]2C)cc1. The lowest BCUT2D eigenvalue weighted by Gasteiger charge is -2.34. The first-order valence-corrected chi connectivity index (χ1v) is 10.9. The predicted octanol–water partition coefficient (Wildman–Crippen LogP) is 3.20. The molecule has 2 aromatic rings. The van der Waals surface area contributed by atoms with E-state index in [1.54, 1.807) is 17.1 Å². The van der Waals surface area contributed by atoms with Crippen molar-refractivity contribution < 1.29 is 13.9 Å². The molecule has 0 saturated carbocycles. The summed E-state index contributed by atoms with van der Waals surface area (Å²) in [7, 11) is 0. The van der Waals surface area contributed by atoms with Gasteiger partial charge in [-0.05, 0) is 49.2 Å². The summed E-state index contributed by atoms with van der Waals surface area (Å²) in [4.78, 5) is 15.5. The molecule has 0 aliphatic carbocycles. The maximum absolute atomic E-state index is 13.4. The van der Waals surface area contributed by atoms with Crippen LogP contribution < -0.4 is 10.1 Å². The van der Waals surface area contributed by atoms with Crippen molar-refractivity contribution in [1.29, 1.82) is 0 Å². The summed E-state index contributed by atoms with van der Waals surface area (Å²) in [6.45, 7) is 7.60. The second kappa shape index (κ2) is 9.58. The molecule has 0 unspecified atom stereocenters. The Hall–Kier alpha value is -2.77. The molecular weight excluding hydrogens is 395 g/mol. The van der Waals surface area contributed by atoms with Gasteiger partial charge in [-0.2, -0.15) is 5.10 Å². The van der Waals surface area contributed by atoms with Gasteiger partial charge in [0.2, 0.25) is 0 Å². The van der Waals surface area contributed by atoms with E-state index in [-0.39, 0.29) is 17.8 Å². The molecule has 2 aromatic carbocycles. The van der Waals surface area contributed by atoms with Gasteiger partial charge in [-0.25, -0.2) is 9.40 Å². The van der Waals surface area contributed by atoms with Crippen molar-refractivity contribution in [1.82, 2.24) is 15.2 Å². The van der Waals surface area contributed by atoms with Crippen molar-refractivity contribution in [2.45, 2.75) is 32.4 Å². The van der Waals surface area contributed by atoms with Crippen LogP contribution in [0, 0.1) is 5.82 Å². The molecular formula is C24H29FN4O2. The monoisotopic (exact) mass is 424 g/mol. The van der Waals surface area contributed by atoms with Crippen LogP contribution in [0.15, 0.2) is 53.6 Å². The fraction of sp³-hybridized carbons (Fsp3) is 0.417. The first-order chi connectivity index (χ1) is 15.0. The molecule has 31 heavy (non-hydrogen) atoms. The number of nitrogens with zero attached hydrogens (tertiary/aromatic N) is 3. The van der Waals surface area contributed by atoms with E-state index in [1.807, 2.05) is 31.2 Å². The topological polar surface area (TPSA) is 57.2 Å². The minimum Gasteiger partial charge on any atom is -0.494 e. The van der Waals surface area contributed by atoms with E-state index in [1.165, 1.54) is 12.1 Å². The summed E-state index contributed by atoms with van der Waals surface area (Å²) < 4.78 is 18.9. The highest BCUT2D eigenvalue weighted by molar-refractivity contribution is 6.03. The first-order valence-electron chi connectivity index (χ1n) is 10.9. The number of nitrogens with one attached hydrogen (secondary N) is 1. The van der Waals surface area contributed by atoms with Crippen molar-refractivity contribution in [3.63, 3.8) is 0 Å². The fourth-order valence-electron chi connectivity index (χ4n) is 4.13. The largest absolute Gasteiger partial charge is 0.494 e. The number of halogens is 1.